The van der Waals surface area contributed by atoms with Gasteiger partial charge in [0.15, 0.2) is 0 Å². The standard InChI is InChI=1S/C14H10/c1-2-5-11-9-13-7-4-8-14(13)10-12(11)6-3-1/h1-10H. The quantitative estimate of drug-likeness (QED) is 0.488. The van der Waals surface area contributed by atoms with Gasteiger partial charge in [-0.3, -0.25) is 0 Å². The molecular weight excluding hydrogens is 168 g/mol. The fraction of sp³-hybridized carbons (Fsp3) is 0. The minimum Gasteiger partial charge on any atom is -0.0622 e. The predicted molar refractivity (Wildman–Crippen MR) is 61.5 cm³/mol. The Labute approximate surface area is 82.8 Å². The van der Waals surface area contributed by atoms with Crippen molar-refractivity contribution in [2.24, 2.45) is 0 Å². The zero-order valence-electron chi connectivity index (χ0n) is 7.77. The van der Waals surface area contributed by atoms with E-state index in [9.17, 15) is 0 Å². The first-order valence-corrected chi connectivity index (χ1v) is 4.81. The number of hydrogen-bond donors (Lipinski definition) is 0. The van der Waals surface area contributed by atoms with Gasteiger partial charge in [-0.1, -0.05) is 48.5 Å². The van der Waals surface area contributed by atoms with Crippen LogP contribution in [0.1, 0.15) is 0 Å². The van der Waals surface area contributed by atoms with Crippen LogP contribution in [0.2, 0.25) is 0 Å². The maximum Gasteiger partial charge on any atom is -0.0178 e. The van der Waals surface area contributed by atoms with Gasteiger partial charge in [0.05, 0.1) is 0 Å². The molecule has 0 fully saturated rings. The summed E-state index contributed by atoms with van der Waals surface area (Å²) in [6.07, 6.45) is 0. The van der Waals surface area contributed by atoms with Crippen LogP contribution in [-0.2, 0) is 0 Å². The van der Waals surface area contributed by atoms with E-state index < -0.39 is 0 Å². The molecule has 0 heterocycles. The molecule has 0 atom stereocenters. The van der Waals surface area contributed by atoms with E-state index in [0.29, 0.717) is 0 Å². The smallest absolute Gasteiger partial charge is 0.0178 e. The zero-order chi connectivity index (χ0) is 9.38. The Kier molecular flexibility index (Phi) is 1.54. The molecule has 0 aromatic heterocycles. The van der Waals surface area contributed by atoms with Gasteiger partial charge in [0.1, 0.15) is 0 Å². The highest BCUT2D eigenvalue weighted by Crippen LogP contribution is 2.22. The Hall–Kier alpha value is -1.82. The van der Waals surface area contributed by atoms with E-state index in [-0.39, 0.29) is 0 Å². The van der Waals surface area contributed by atoms with Crippen LogP contribution in [0.15, 0.2) is 60.7 Å². The van der Waals surface area contributed by atoms with E-state index in [1.807, 2.05) is 0 Å². The fourth-order valence-corrected chi connectivity index (χ4v) is 1.88. The Morgan fingerprint density at radius 1 is 0.429 bits per heavy atom. The van der Waals surface area contributed by atoms with Gasteiger partial charge in [0.2, 0.25) is 0 Å². The molecule has 0 saturated heterocycles. The average Bonchev–Trinajstić information content (AvgIpc) is 2.51. The lowest BCUT2D eigenvalue weighted by Gasteiger charge is -1.94. The van der Waals surface area contributed by atoms with E-state index >= 15 is 0 Å². The Morgan fingerprint density at radius 2 is 0.857 bits per heavy atom. The van der Waals surface area contributed by atoms with E-state index in [2.05, 4.69) is 60.7 Å². The number of rotatable bonds is 0. The second-order valence-corrected chi connectivity index (χ2v) is 3.55. The van der Waals surface area contributed by atoms with Crippen molar-refractivity contribution in [1.82, 2.24) is 0 Å². The van der Waals surface area contributed by atoms with E-state index in [1.165, 1.54) is 21.5 Å². The van der Waals surface area contributed by atoms with Crippen LogP contribution >= 0.6 is 0 Å². The summed E-state index contributed by atoms with van der Waals surface area (Å²) in [7, 11) is 0. The van der Waals surface area contributed by atoms with Crippen LogP contribution in [-0.4, -0.2) is 0 Å². The van der Waals surface area contributed by atoms with Crippen molar-refractivity contribution < 1.29 is 0 Å². The molecule has 0 spiro atoms. The van der Waals surface area contributed by atoms with Crippen LogP contribution < -0.4 is 0 Å². The molecule has 3 aromatic carbocycles. The lowest BCUT2D eigenvalue weighted by molar-refractivity contribution is 1.89. The molecule has 0 saturated carbocycles. The molecule has 66 valence electrons. The van der Waals surface area contributed by atoms with E-state index in [0.717, 1.165) is 0 Å². The van der Waals surface area contributed by atoms with Crippen molar-refractivity contribution in [2.75, 3.05) is 0 Å². The summed E-state index contributed by atoms with van der Waals surface area (Å²) < 4.78 is 0. The van der Waals surface area contributed by atoms with Gasteiger partial charge in [-0.15, -0.1) is 0 Å². The Balaban J connectivity index is 2.55. The topological polar surface area (TPSA) is 0 Å². The molecule has 0 aliphatic heterocycles. The largest absolute Gasteiger partial charge is 0.0622 e. The molecule has 0 aliphatic rings. The minimum atomic E-state index is 1.30. The molecular formula is C14H10. The molecule has 0 aliphatic carbocycles. The molecule has 3 rings (SSSR count). The van der Waals surface area contributed by atoms with Crippen LogP contribution in [0.25, 0.3) is 21.5 Å². The normalized spacial score (nSPS) is 10.9. The highest BCUT2D eigenvalue weighted by molar-refractivity contribution is 5.98. The highest BCUT2D eigenvalue weighted by atomic mass is 14.0. The van der Waals surface area contributed by atoms with Crippen molar-refractivity contribution >= 4 is 21.5 Å². The minimum absolute atomic E-state index is 1.30. The monoisotopic (exact) mass is 178 g/mol. The van der Waals surface area contributed by atoms with Crippen molar-refractivity contribution in [3.05, 3.63) is 60.7 Å². The van der Waals surface area contributed by atoms with Gasteiger partial charge >= 0.3 is 0 Å². The first kappa shape index (κ1) is 7.57. The molecule has 0 amide bonds. The summed E-state index contributed by atoms with van der Waals surface area (Å²) in [4.78, 5) is 0. The summed E-state index contributed by atoms with van der Waals surface area (Å²) in [5.41, 5.74) is 0. The summed E-state index contributed by atoms with van der Waals surface area (Å²) in [5, 5.41) is 5.25. The van der Waals surface area contributed by atoms with Crippen LogP contribution in [0.3, 0.4) is 0 Å². The van der Waals surface area contributed by atoms with Gasteiger partial charge in [-0.25, -0.2) is 0 Å². The first-order chi connectivity index (χ1) is 6.93. The van der Waals surface area contributed by atoms with E-state index in [4.69, 9.17) is 0 Å². The van der Waals surface area contributed by atoms with Crippen molar-refractivity contribution in [1.29, 1.82) is 0 Å². The van der Waals surface area contributed by atoms with Crippen molar-refractivity contribution in [2.45, 2.75) is 0 Å². The van der Waals surface area contributed by atoms with Crippen LogP contribution in [0.4, 0.5) is 0 Å². The SMILES string of the molecule is c1ccc2cc3cccc3cc2cc1. The second kappa shape index (κ2) is 2.85. The van der Waals surface area contributed by atoms with Crippen molar-refractivity contribution in [3.63, 3.8) is 0 Å². The van der Waals surface area contributed by atoms with Gasteiger partial charge in [-0.2, -0.15) is 0 Å². The molecule has 0 nitrogen and oxygen atoms in total. The lowest BCUT2D eigenvalue weighted by atomic mass is 10.1. The number of hydrogen-bond acceptors (Lipinski definition) is 0. The third-order valence-corrected chi connectivity index (χ3v) is 2.61. The average molecular weight is 178 g/mol. The van der Waals surface area contributed by atoms with Crippen LogP contribution in [0, 0.1) is 0 Å². The summed E-state index contributed by atoms with van der Waals surface area (Å²) >= 11 is 0. The first-order valence-electron chi connectivity index (χ1n) is 4.81. The second-order valence-electron chi connectivity index (χ2n) is 3.55. The van der Waals surface area contributed by atoms with Gasteiger partial charge in [0, 0.05) is 0 Å². The fourth-order valence-electron chi connectivity index (χ4n) is 1.88. The zero-order valence-corrected chi connectivity index (χ0v) is 7.77. The predicted octanol–water partition coefficient (Wildman–Crippen LogP) is 3.99. The molecule has 0 unspecified atom stereocenters. The highest BCUT2D eigenvalue weighted by Gasteiger charge is 1.95. The van der Waals surface area contributed by atoms with Gasteiger partial charge in [-0.05, 0) is 33.7 Å². The third-order valence-electron chi connectivity index (χ3n) is 2.61. The number of benzene rings is 1. The molecule has 0 N–H and O–H groups in total. The van der Waals surface area contributed by atoms with Gasteiger partial charge < -0.3 is 0 Å². The molecule has 0 heteroatoms. The lowest BCUT2D eigenvalue weighted by Crippen LogP contribution is -1.66. The summed E-state index contributed by atoms with van der Waals surface area (Å²) in [6, 6.07) is 21.4. The maximum absolute atomic E-state index is 2.24. The van der Waals surface area contributed by atoms with Crippen molar-refractivity contribution in [3.8, 4) is 0 Å². The molecule has 3 aromatic rings. The summed E-state index contributed by atoms with van der Waals surface area (Å²) in [5.74, 6) is 0. The molecule has 0 bridgehead atoms. The molecule has 14 heavy (non-hydrogen) atoms. The Morgan fingerprint density at radius 3 is 1.36 bits per heavy atom. The molecule has 0 radical (unpaired) electrons. The van der Waals surface area contributed by atoms with E-state index in [1.54, 1.807) is 0 Å². The Bertz CT molecular complexity index is 544. The third kappa shape index (κ3) is 1.08. The van der Waals surface area contributed by atoms with Gasteiger partial charge in [0.25, 0.3) is 0 Å². The summed E-state index contributed by atoms with van der Waals surface area (Å²) in [6.45, 7) is 0. The number of fused-ring (bicyclic) bond motifs is 2. The van der Waals surface area contributed by atoms with Crippen LogP contribution in [0.5, 0.6) is 0 Å². The maximum atomic E-state index is 2.24.